The fourth-order valence-electron chi connectivity index (χ4n) is 2.72. The van der Waals surface area contributed by atoms with E-state index in [-0.39, 0.29) is 0 Å². The molecule has 3 aromatic rings. The van der Waals surface area contributed by atoms with Gasteiger partial charge in [-0.3, -0.25) is 5.10 Å². The van der Waals surface area contributed by atoms with E-state index in [1.807, 2.05) is 30.3 Å². The number of nitrogens with one attached hydrogen (secondary N) is 1. The highest BCUT2D eigenvalue weighted by atomic mass is 15.2. The van der Waals surface area contributed by atoms with Gasteiger partial charge in [0, 0.05) is 11.5 Å². The summed E-state index contributed by atoms with van der Waals surface area (Å²) in [5.74, 6) is 2.88. The molecule has 3 heteroatoms. The third kappa shape index (κ3) is 2.01. The van der Waals surface area contributed by atoms with Crippen LogP contribution in [0.2, 0.25) is 0 Å². The average Bonchev–Trinajstić information content (AvgIpc) is 3.18. The van der Waals surface area contributed by atoms with E-state index < -0.39 is 0 Å². The molecule has 98 valence electrons. The standard InChI is InChI=1S/C17H15N3/c1-3-7-12(8-4-1)14-11-15(14)17-18-16(19-20-17)13-9-5-2-6-10-13/h1-10,14-15H,11H2,(H,18,19,20). The summed E-state index contributed by atoms with van der Waals surface area (Å²) in [6.07, 6.45) is 1.16. The Morgan fingerprint density at radius 2 is 1.55 bits per heavy atom. The van der Waals surface area contributed by atoms with Crippen LogP contribution in [0.3, 0.4) is 0 Å². The van der Waals surface area contributed by atoms with Crippen LogP contribution in [0.4, 0.5) is 0 Å². The van der Waals surface area contributed by atoms with Crippen molar-refractivity contribution in [1.82, 2.24) is 15.2 Å². The molecule has 1 aliphatic rings. The van der Waals surface area contributed by atoms with Gasteiger partial charge in [0.05, 0.1) is 0 Å². The molecule has 0 aliphatic heterocycles. The minimum absolute atomic E-state index is 0.488. The second kappa shape index (κ2) is 4.60. The first-order chi connectivity index (χ1) is 9.92. The Bertz CT molecular complexity index is 703. The fourth-order valence-corrected chi connectivity index (χ4v) is 2.72. The Morgan fingerprint density at radius 3 is 2.30 bits per heavy atom. The molecule has 0 radical (unpaired) electrons. The topological polar surface area (TPSA) is 41.6 Å². The van der Waals surface area contributed by atoms with Gasteiger partial charge in [-0.2, -0.15) is 5.10 Å². The Morgan fingerprint density at radius 1 is 0.850 bits per heavy atom. The largest absolute Gasteiger partial charge is 0.262 e. The van der Waals surface area contributed by atoms with E-state index in [0.29, 0.717) is 11.8 Å². The van der Waals surface area contributed by atoms with Crippen LogP contribution >= 0.6 is 0 Å². The van der Waals surface area contributed by atoms with Crippen molar-refractivity contribution in [2.45, 2.75) is 18.3 Å². The van der Waals surface area contributed by atoms with Gasteiger partial charge < -0.3 is 0 Å². The van der Waals surface area contributed by atoms with Crippen molar-refractivity contribution >= 4 is 0 Å². The lowest BCUT2D eigenvalue weighted by Crippen LogP contribution is -1.87. The van der Waals surface area contributed by atoms with Crippen LogP contribution in [0.5, 0.6) is 0 Å². The van der Waals surface area contributed by atoms with E-state index >= 15 is 0 Å². The van der Waals surface area contributed by atoms with E-state index in [0.717, 1.165) is 23.6 Å². The highest BCUT2D eigenvalue weighted by molar-refractivity contribution is 5.54. The number of aromatic amines is 1. The number of H-pyrrole nitrogens is 1. The summed E-state index contributed by atoms with van der Waals surface area (Å²) in [7, 11) is 0. The number of nitrogens with zero attached hydrogens (tertiary/aromatic N) is 2. The second-order valence-corrected chi connectivity index (χ2v) is 5.27. The first-order valence-electron chi connectivity index (χ1n) is 6.94. The number of hydrogen-bond donors (Lipinski definition) is 1. The van der Waals surface area contributed by atoms with Crippen LogP contribution in [-0.4, -0.2) is 15.2 Å². The molecule has 1 heterocycles. The SMILES string of the molecule is c1ccc(-c2n[nH]c(C3CC3c3ccccc3)n2)cc1. The van der Waals surface area contributed by atoms with Gasteiger partial charge in [0.1, 0.15) is 5.82 Å². The van der Waals surface area contributed by atoms with Gasteiger partial charge >= 0.3 is 0 Å². The quantitative estimate of drug-likeness (QED) is 0.780. The van der Waals surface area contributed by atoms with E-state index in [2.05, 4.69) is 45.5 Å². The molecule has 1 aromatic heterocycles. The summed E-state index contributed by atoms with van der Waals surface area (Å²) in [5.41, 5.74) is 2.46. The van der Waals surface area contributed by atoms with Crippen molar-refractivity contribution in [1.29, 1.82) is 0 Å². The number of rotatable bonds is 3. The highest BCUT2D eigenvalue weighted by Crippen LogP contribution is 2.53. The maximum atomic E-state index is 4.65. The van der Waals surface area contributed by atoms with Gasteiger partial charge in [0.25, 0.3) is 0 Å². The van der Waals surface area contributed by atoms with Crippen LogP contribution < -0.4 is 0 Å². The Kier molecular flexibility index (Phi) is 2.62. The lowest BCUT2D eigenvalue weighted by molar-refractivity contribution is 0.902. The van der Waals surface area contributed by atoms with Crippen molar-refractivity contribution in [3.05, 3.63) is 72.1 Å². The zero-order valence-electron chi connectivity index (χ0n) is 11.0. The van der Waals surface area contributed by atoms with E-state index in [1.165, 1.54) is 5.56 Å². The second-order valence-electron chi connectivity index (χ2n) is 5.27. The molecule has 0 spiro atoms. The smallest absolute Gasteiger partial charge is 0.181 e. The van der Waals surface area contributed by atoms with Gasteiger partial charge in [-0.1, -0.05) is 60.7 Å². The summed E-state index contributed by atoms with van der Waals surface area (Å²) < 4.78 is 0. The molecule has 3 nitrogen and oxygen atoms in total. The molecule has 2 unspecified atom stereocenters. The third-order valence-electron chi connectivity index (χ3n) is 3.90. The van der Waals surface area contributed by atoms with Gasteiger partial charge in [-0.25, -0.2) is 4.98 Å². The van der Waals surface area contributed by atoms with Crippen LogP contribution in [0.25, 0.3) is 11.4 Å². The van der Waals surface area contributed by atoms with Crippen LogP contribution in [0.15, 0.2) is 60.7 Å². The van der Waals surface area contributed by atoms with E-state index in [9.17, 15) is 0 Å². The van der Waals surface area contributed by atoms with Gasteiger partial charge in [0.15, 0.2) is 5.82 Å². The molecule has 1 saturated carbocycles. The van der Waals surface area contributed by atoms with E-state index in [1.54, 1.807) is 0 Å². The Labute approximate surface area is 117 Å². The van der Waals surface area contributed by atoms with Crippen molar-refractivity contribution in [3.8, 4) is 11.4 Å². The lowest BCUT2D eigenvalue weighted by Gasteiger charge is -1.97. The molecule has 1 fully saturated rings. The summed E-state index contributed by atoms with van der Waals surface area (Å²) >= 11 is 0. The summed E-state index contributed by atoms with van der Waals surface area (Å²) in [5, 5.41) is 7.44. The summed E-state index contributed by atoms with van der Waals surface area (Å²) in [6, 6.07) is 20.7. The first kappa shape index (κ1) is 11.4. The van der Waals surface area contributed by atoms with Crippen molar-refractivity contribution in [2.75, 3.05) is 0 Å². The molecule has 2 atom stereocenters. The molecule has 1 aliphatic carbocycles. The Hall–Kier alpha value is -2.42. The maximum Gasteiger partial charge on any atom is 0.181 e. The molecule has 0 saturated heterocycles. The van der Waals surface area contributed by atoms with Crippen molar-refractivity contribution in [3.63, 3.8) is 0 Å². The van der Waals surface area contributed by atoms with E-state index in [4.69, 9.17) is 0 Å². The molecule has 2 aromatic carbocycles. The molecule has 0 amide bonds. The normalized spacial score (nSPS) is 20.8. The minimum atomic E-state index is 0.488. The van der Waals surface area contributed by atoms with Gasteiger partial charge in [-0.05, 0) is 17.9 Å². The van der Waals surface area contributed by atoms with Crippen LogP contribution in [0.1, 0.15) is 29.6 Å². The molecular weight excluding hydrogens is 246 g/mol. The number of benzene rings is 2. The number of aromatic nitrogens is 3. The number of hydrogen-bond acceptors (Lipinski definition) is 2. The zero-order valence-corrected chi connectivity index (χ0v) is 11.0. The third-order valence-corrected chi connectivity index (χ3v) is 3.90. The predicted octanol–water partition coefficient (Wildman–Crippen LogP) is 3.74. The highest BCUT2D eigenvalue weighted by Gasteiger charge is 2.41. The lowest BCUT2D eigenvalue weighted by atomic mass is 10.1. The van der Waals surface area contributed by atoms with Crippen molar-refractivity contribution in [2.24, 2.45) is 0 Å². The first-order valence-corrected chi connectivity index (χ1v) is 6.94. The monoisotopic (exact) mass is 261 g/mol. The fraction of sp³-hybridized carbons (Fsp3) is 0.176. The Balaban J connectivity index is 1.56. The van der Waals surface area contributed by atoms with Gasteiger partial charge in [-0.15, -0.1) is 0 Å². The van der Waals surface area contributed by atoms with Crippen molar-refractivity contribution < 1.29 is 0 Å². The molecule has 4 rings (SSSR count). The average molecular weight is 261 g/mol. The van der Waals surface area contributed by atoms with Crippen LogP contribution in [0, 0.1) is 0 Å². The predicted molar refractivity (Wildman–Crippen MR) is 78.4 cm³/mol. The molecule has 20 heavy (non-hydrogen) atoms. The molecule has 0 bridgehead atoms. The summed E-state index contributed by atoms with van der Waals surface area (Å²) in [6.45, 7) is 0. The van der Waals surface area contributed by atoms with Crippen LogP contribution in [-0.2, 0) is 0 Å². The zero-order chi connectivity index (χ0) is 13.4. The van der Waals surface area contributed by atoms with Gasteiger partial charge in [0.2, 0.25) is 0 Å². The molecular formula is C17H15N3. The molecule has 1 N–H and O–H groups in total. The maximum absolute atomic E-state index is 4.65. The minimum Gasteiger partial charge on any atom is -0.262 e. The summed E-state index contributed by atoms with van der Waals surface area (Å²) in [4.78, 5) is 4.65.